The average Bonchev–Trinajstić information content (AvgIpc) is 3.12. The third kappa shape index (κ3) is 2.12. The van der Waals surface area contributed by atoms with Crippen molar-refractivity contribution in [3.8, 4) is 5.75 Å². The number of hydrogen-bond donors (Lipinski definition) is 1. The SMILES string of the molecule is CC(CN)(CC1Cc2cc(F)ccc2O1)C1CC1. The van der Waals surface area contributed by atoms with Crippen molar-refractivity contribution in [2.45, 2.75) is 38.7 Å². The fourth-order valence-corrected chi connectivity index (χ4v) is 3.12. The molecule has 1 aliphatic heterocycles. The number of hydrogen-bond acceptors (Lipinski definition) is 2. The molecule has 2 aliphatic rings. The molecule has 1 fully saturated rings. The highest BCUT2D eigenvalue weighted by molar-refractivity contribution is 5.37. The number of rotatable bonds is 4. The van der Waals surface area contributed by atoms with Crippen LogP contribution in [0, 0.1) is 17.2 Å². The van der Waals surface area contributed by atoms with Gasteiger partial charge in [0.25, 0.3) is 0 Å². The van der Waals surface area contributed by atoms with Gasteiger partial charge in [-0.2, -0.15) is 0 Å². The minimum Gasteiger partial charge on any atom is -0.490 e. The Morgan fingerprint density at radius 1 is 1.44 bits per heavy atom. The minimum absolute atomic E-state index is 0.163. The molecule has 1 aromatic rings. The molecule has 98 valence electrons. The molecule has 1 heterocycles. The van der Waals surface area contributed by atoms with Gasteiger partial charge in [-0.25, -0.2) is 4.39 Å². The second-order valence-corrected chi connectivity index (χ2v) is 6.03. The van der Waals surface area contributed by atoms with Crippen molar-refractivity contribution in [3.63, 3.8) is 0 Å². The van der Waals surface area contributed by atoms with Gasteiger partial charge < -0.3 is 10.5 Å². The fourth-order valence-electron chi connectivity index (χ4n) is 3.12. The Balaban J connectivity index is 1.70. The average molecular weight is 249 g/mol. The highest BCUT2D eigenvalue weighted by atomic mass is 19.1. The van der Waals surface area contributed by atoms with Gasteiger partial charge in [0.05, 0.1) is 0 Å². The van der Waals surface area contributed by atoms with Crippen molar-refractivity contribution in [2.75, 3.05) is 6.54 Å². The van der Waals surface area contributed by atoms with Crippen LogP contribution in [0.25, 0.3) is 0 Å². The van der Waals surface area contributed by atoms with Gasteiger partial charge in [0.2, 0.25) is 0 Å². The molecule has 2 atom stereocenters. The Kier molecular flexibility index (Phi) is 2.81. The topological polar surface area (TPSA) is 35.2 Å². The highest BCUT2D eigenvalue weighted by Gasteiger charge is 2.43. The van der Waals surface area contributed by atoms with Gasteiger partial charge in [-0.1, -0.05) is 6.92 Å². The Morgan fingerprint density at radius 3 is 2.89 bits per heavy atom. The van der Waals surface area contributed by atoms with Crippen LogP contribution in [0.15, 0.2) is 18.2 Å². The van der Waals surface area contributed by atoms with Crippen molar-refractivity contribution >= 4 is 0 Å². The molecule has 2 nitrogen and oxygen atoms in total. The quantitative estimate of drug-likeness (QED) is 0.890. The molecular weight excluding hydrogens is 229 g/mol. The first kappa shape index (κ1) is 12.0. The first-order valence-electron chi connectivity index (χ1n) is 6.76. The molecule has 0 spiro atoms. The molecule has 1 aromatic carbocycles. The molecule has 2 N–H and O–H groups in total. The van der Waals surface area contributed by atoms with E-state index in [2.05, 4.69) is 6.92 Å². The summed E-state index contributed by atoms with van der Waals surface area (Å²) in [5.41, 5.74) is 7.12. The Hall–Kier alpha value is -1.09. The molecule has 0 aromatic heterocycles. The third-order valence-corrected chi connectivity index (χ3v) is 4.49. The van der Waals surface area contributed by atoms with E-state index in [1.54, 1.807) is 12.1 Å². The van der Waals surface area contributed by atoms with Crippen LogP contribution in [0.1, 0.15) is 31.7 Å². The van der Waals surface area contributed by atoms with Crippen LogP contribution >= 0.6 is 0 Å². The predicted octanol–water partition coefficient (Wildman–Crippen LogP) is 2.89. The summed E-state index contributed by atoms with van der Waals surface area (Å²) in [6.45, 7) is 2.97. The number of halogens is 1. The zero-order chi connectivity index (χ0) is 12.8. The molecule has 0 radical (unpaired) electrons. The van der Waals surface area contributed by atoms with Crippen molar-refractivity contribution < 1.29 is 9.13 Å². The maximum Gasteiger partial charge on any atom is 0.123 e. The summed E-state index contributed by atoms with van der Waals surface area (Å²) in [5.74, 6) is 1.42. The first-order valence-corrected chi connectivity index (χ1v) is 6.76. The van der Waals surface area contributed by atoms with Crippen LogP contribution in [0.4, 0.5) is 4.39 Å². The van der Waals surface area contributed by atoms with E-state index in [0.29, 0.717) is 6.54 Å². The highest BCUT2D eigenvalue weighted by Crippen LogP contribution is 2.48. The molecule has 1 saturated carbocycles. The van der Waals surface area contributed by atoms with E-state index < -0.39 is 0 Å². The monoisotopic (exact) mass is 249 g/mol. The second-order valence-electron chi connectivity index (χ2n) is 6.03. The van der Waals surface area contributed by atoms with Gasteiger partial charge in [0.1, 0.15) is 17.7 Å². The summed E-state index contributed by atoms with van der Waals surface area (Å²) in [6, 6.07) is 4.79. The summed E-state index contributed by atoms with van der Waals surface area (Å²) in [7, 11) is 0. The lowest BCUT2D eigenvalue weighted by Gasteiger charge is -2.30. The summed E-state index contributed by atoms with van der Waals surface area (Å²) in [5, 5.41) is 0. The van der Waals surface area contributed by atoms with Gasteiger partial charge in [0, 0.05) is 12.0 Å². The smallest absolute Gasteiger partial charge is 0.123 e. The normalized spacial score (nSPS) is 25.4. The van der Waals surface area contributed by atoms with Crippen LogP contribution in [0.3, 0.4) is 0 Å². The first-order chi connectivity index (χ1) is 8.60. The van der Waals surface area contributed by atoms with E-state index in [9.17, 15) is 4.39 Å². The van der Waals surface area contributed by atoms with Crippen molar-refractivity contribution in [3.05, 3.63) is 29.6 Å². The minimum atomic E-state index is -0.179. The summed E-state index contributed by atoms with van der Waals surface area (Å²) in [6.07, 6.45) is 4.54. The lowest BCUT2D eigenvalue weighted by Crippen LogP contribution is -2.35. The van der Waals surface area contributed by atoms with Gasteiger partial charge in [-0.3, -0.25) is 0 Å². The van der Waals surface area contributed by atoms with E-state index in [1.807, 2.05) is 0 Å². The molecule has 18 heavy (non-hydrogen) atoms. The Morgan fingerprint density at radius 2 is 2.22 bits per heavy atom. The van der Waals surface area contributed by atoms with Gasteiger partial charge in [0.15, 0.2) is 0 Å². The molecule has 2 unspecified atom stereocenters. The number of fused-ring (bicyclic) bond motifs is 1. The van der Waals surface area contributed by atoms with E-state index >= 15 is 0 Å². The fraction of sp³-hybridized carbons (Fsp3) is 0.600. The van der Waals surface area contributed by atoms with Crippen LogP contribution in [-0.2, 0) is 6.42 Å². The van der Waals surface area contributed by atoms with Crippen molar-refractivity contribution in [1.82, 2.24) is 0 Å². The maximum absolute atomic E-state index is 13.2. The molecule has 3 rings (SSSR count). The zero-order valence-electron chi connectivity index (χ0n) is 10.8. The number of benzene rings is 1. The van der Waals surface area contributed by atoms with Crippen molar-refractivity contribution in [2.24, 2.45) is 17.1 Å². The lowest BCUT2D eigenvalue weighted by atomic mass is 9.79. The van der Waals surface area contributed by atoms with Crippen molar-refractivity contribution in [1.29, 1.82) is 0 Å². The molecule has 0 saturated heterocycles. The maximum atomic E-state index is 13.2. The summed E-state index contributed by atoms with van der Waals surface area (Å²) < 4.78 is 19.1. The van der Waals surface area contributed by atoms with E-state index in [4.69, 9.17) is 10.5 Å². The van der Waals surface area contributed by atoms with Crippen LogP contribution in [0.2, 0.25) is 0 Å². The number of ether oxygens (including phenoxy) is 1. The van der Waals surface area contributed by atoms with E-state index in [1.165, 1.54) is 18.9 Å². The zero-order valence-corrected chi connectivity index (χ0v) is 10.8. The van der Waals surface area contributed by atoms with Crippen LogP contribution in [0.5, 0.6) is 5.75 Å². The largest absolute Gasteiger partial charge is 0.490 e. The molecule has 1 aliphatic carbocycles. The molecule has 0 bridgehead atoms. The second kappa shape index (κ2) is 4.23. The molecule has 3 heteroatoms. The number of nitrogens with two attached hydrogens (primary N) is 1. The summed E-state index contributed by atoms with van der Waals surface area (Å²) >= 11 is 0. The Bertz CT molecular complexity index is 458. The van der Waals surface area contributed by atoms with Gasteiger partial charge in [-0.05, 0) is 55.3 Å². The van der Waals surface area contributed by atoms with E-state index in [-0.39, 0.29) is 17.3 Å². The van der Waals surface area contributed by atoms with E-state index in [0.717, 1.165) is 30.1 Å². The lowest BCUT2D eigenvalue weighted by molar-refractivity contribution is 0.134. The third-order valence-electron chi connectivity index (χ3n) is 4.49. The predicted molar refractivity (Wildman–Crippen MR) is 69.0 cm³/mol. The van der Waals surface area contributed by atoms with Crippen LogP contribution < -0.4 is 10.5 Å². The van der Waals surface area contributed by atoms with Gasteiger partial charge >= 0.3 is 0 Å². The standard InChI is InChI=1S/C15H20FNO/c1-15(9-17,11-2-3-11)8-13-7-10-6-12(16)4-5-14(10)18-13/h4-6,11,13H,2-3,7-9,17H2,1H3. The molecular formula is C15H20FNO. The van der Waals surface area contributed by atoms with Crippen LogP contribution in [-0.4, -0.2) is 12.6 Å². The Labute approximate surface area is 107 Å². The summed E-state index contributed by atoms with van der Waals surface area (Å²) in [4.78, 5) is 0. The molecule has 0 amide bonds. The van der Waals surface area contributed by atoms with Gasteiger partial charge in [-0.15, -0.1) is 0 Å².